The van der Waals surface area contributed by atoms with Crippen molar-refractivity contribution in [1.82, 2.24) is 20.1 Å². The van der Waals surface area contributed by atoms with Gasteiger partial charge < -0.3 is 9.64 Å². The number of piperazine rings is 1. The summed E-state index contributed by atoms with van der Waals surface area (Å²) >= 11 is 5.84. The fourth-order valence-corrected chi connectivity index (χ4v) is 9.87. The van der Waals surface area contributed by atoms with Crippen LogP contribution in [0.1, 0.15) is 92.5 Å². The number of thiocarbonyl (C=S) groups is 1. The molecule has 3 aromatic rings. The quantitative estimate of drug-likeness (QED) is 0.158. The van der Waals surface area contributed by atoms with Crippen LogP contribution in [0.3, 0.4) is 0 Å². The van der Waals surface area contributed by atoms with E-state index in [0.29, 0.717) is 69.8 Å². The van der Waals surface area contributed by atoms with Crippen LogP contribution >= 0.6 is 12.2 Å². The Morgan fingerprint density at radius 1 is 1.02 bits per heavy atom. The van der Waals surface area contributed by atoms with Gasteiger partial charge >= 0.3 is 6.18 Å². The molecule has 61 heavy (non-hydrogen) atoms. The third-order valence-electron chi connectivity index (χ3n) is 12.8. The molecule has 3 saturated heterocycles. The summed E-state index contributed by atoms with van der Waals surface area (Å²) in [5.74, 6) is -0.256. The summed E-state index contributed by atoms with van der Waals surface area (Å²) < 4.78 is 48.0. The molecule has 5 aliphatic rings. The number of benzene rings is 2. The van der Waals surface area contributed by atoms with Crippen LogP contribution in [0.2, 0.25) is 0 Å². The molecule has 12 nitrogen and oxygen atoms in total. The topological polar surface area (TPSA) is 139 Å². The molecule has 1 N–H and O–H groups in total. The highest BCUT2D eigenvalue weighted by Gasteiger charge is 2.60. The van der Waals surface area contributed by atoms with E-state index in [0.717, 1.165) is 66.1 Å². The number of ketones is 1. The van der Waals surface area contributed by atoms with E-state index in [1.54, 1.807) is 17.2 Å². The molecule has 0 bridgehead atoms. The summed E-state index contributed by atoms with van der Waals surface area (Å²) in [7, 11) is 0. The lowest BCUT2D eigenvalue weighted by Gasteiger charge is -2.44. The molecule has 5 fully saturated rings. The minimum absolute atomic E-state index is 0.0346. The smallest absolute Gasteiger partial charge is 0.417 e. The number of nitriles is 1. The Bertz CT molecular complexity index is 2300. The van der Waals surface area contributed by atoms with Gasteiger partial charge in [0.2, 0.25) is 17.7 Å². The molecule has 3 aliphatic heterocycles. The van der Waals surface area contributed by atoms with Crippen molar-refractivity contribution < 1.29 is 37.1 Å². The van der Waals surface area contributed by atoms with Crippen LogP contribution in [0.4, 0.5) is 24.5 Å². The zero-order chi connectivity index (χ0) is 43.2. The van der Waals surface area contributed by atoms with E-state index in [9.17, 15) is 37.6 Å². The van der Waals surface area contributed by atoms with Gasteiger partial charge in [-0.2, -0.15) is 18.4 Å². The lowest BCUT2D eigenvalue weighted by molar-refractivity contribution is -0.138. The normalized spacial score (nSPS) is 23.2. The molecule has 1 aromatic heterocycles. The molecule has 16 heteroatoms. The Kier molecular flexibility index (Phi) is 11.8. The van der Waals surface area contributed by atoms with E-state index >= 15 is 0 Å². The Labute approximate surface area is 358 Å². The van der Waals surface area contributed by atoms with Gasteiger partial charge in [-0.1, -0.05) is 24.3 Å². The number of imide groups is 1. The maximum Gasteiger partial charge on any atom is 0.417 e. The first-order valence-corrected chi connectivity index (χ1v) is 21.4. The maximum absolute atomic E-state index is 14.0. The first-order valence-electron chi connectivity index (χ1n) is 21.0. The number of nitrogens with zero attached hydrogens (tertiary/aromatic N) is 6. The molecular formula is C45H48F3N7O5S. The number of anilines is 2. The maximum atomic E-state index is 14.0. The summed E-state index contributed by atoms with van der Waals surface area (Å²) in [4.78, 5) is 63.4. The first kappa shape index (κ1) is 42.5. The van der Waals surface area contributed by atoms with Crippen molar-refractivity contribution in [2.45, 2.75) is 101 Å². The van der Waals surface area contributed by atoms with E-state index in [1.807, 2.05) is 30.3 Å². The van der Waals surface area contributed by atoms with Gasteiger partial charge in [-0.3, -0.25) is 39.2 Å². The van der Waals surface area contributed by atoms with Crippen LogP contribution in [0, 0.1) is 17.2 Å². The predicted molar refractivity (Wildman–Crippen MR) is 224 cm³/mol. The minimum atomic E-state index is -4.79. The number of carbonyl (C=O) groups is 4. The highest BCUT2D eigenvalue weighted by molar-refractivity contribution is 7.81. The Balaban J connectivity index is 0.877. The number of hydrogen-bond donors (Lipinski definition) is 1. The Morgan fingerprint density at radius 3 is 2.41 bits per heavy atom. The van der Waals surface area contributed by atoms with Crippen LogP contribution in [0.25, 0.3) is 0 Å². The fourth-order valence-electron chi connectivity index (χ4n) is 9.40. The van der Waals surface area contributed by atoms with Crippen LogP contribution in [0.5, 0.6) is 5.88 Å². The van der Waals surface area contributed by atoms with Crippen molar-refractivity contribution in [3.05, 3.63) is 82.5 Å². The van der Waals surface area contributed by atoms with E-state index in [-0.39, 0.29) is 52.3 Å². The van der Waals surface area contributed by atoms with Crippen molar-refractivity contribution in [3.8, 4) is 11.9 Å². The van der Waals surface area contributed by atoms with Gasteiger partial charge in [-0.05, 0) is 112 Å². The van der Waals surface area contributed by atoms with Crippen molar-refractivity contribution in [3.63, 3.8) is 0 Å². The van der Waals surface area contributed by atoms with Gasteiger partial charge in [0.15, 0.2) is 10.9 Å². The van der Waals surface area contributed by atoms with Crippen LogP contribution in [0.15, 0.2) is 54.7 Å². The number of aromatic nitrogens is 1. The molecular weight excluding hydrogens is 808 g/mol. The van der Waals surface area contributed by atoms with E-state index in [2.05, 4.69) is 29.0 Å². The summed E-state index contributed by atoms with van der Waals surface area (Å²) in [5.41, 5.74) is 0.666. The second-order valence-corrected chi connectivity index (χ2v) is 17.6. The number of alkyl halides is 3. The summed E-state index contributed by atoms with van der Waals surface area (Å²) in [6.45, 7) is 7.14. The zero-order valence-corrected chi connectivity index (χ0v) is 35.0. The first-order chi connectivity index (χ1) is 29.1. The fraction of sp³-hybridized carbons (Fsp3) is 0.489. The standard InChI is InChI=1S/C45H48F3N7O5S/c1-27-24-52(25-28(2)53(27)26-36(56)19-30-6-3-5-29(17-30)18-32-10-12-39(57)51-40(32)58)15-16-60-41-37(31-7-8-31)20-35(23-50-41)55-43(61)54(42(59)44(55)13-4-14-44)34-11-9-33(22-49)38(21-34)45(46,47)48/h3,5-6,9,11,17,20-21,23,27-28,31-32H,4,7-8,10,12-16,18-19,24-26H2,1-2H3,(H,51,57,58)/t27-,28+,32?. The molecule has 1 unspecified atom stereocenters. The molecule has 3 atom stereocenters. The van der Waals surface area contributed by atoms with E-state index in [1.165, 1.54) is 6.07 Å². The third-order valence-corrected chi connectivity index (χ3v) is 13.2. The number of hydrogen-bond acceptors (Lipinski definition) is 10. The van der Waals surface area contributed by atoms with Gasteiger partial charge in [0.1, 0.15) is 12.1 Å². The molecule has 2 saturated carbocycles. The molecule has 2 aromatic carbocycles. The molecule has 8 rings (SSSR count). The third kappa shape index (κ3) is 8.65. The number of ether oxygens (including phenoxy) is 1. The van der Waals surface area contributed by atoms with Gasteiger partial charge in [0.05, 0.1) is 41.3 Å². The number of pyridine rings is 1. The van der Waals surface area contributed by atoms with Crippen molar-refractivity contribution in [1.29, 1.82) is 5.26 Å². The SMILES string of the molecule is C[C@@H]1CN(CCOc2ncc(N3C(=S)N(c4ccc(C#N)c(C(F)(F)F)c4)C(=O)C34CCC4)cc2C2CC2)C[C@H](C)N1CC(=O)Cc1cccc(CC2CCC(=O)NC2=O)c1. The number of rotatable bonds is 13. The number of amides is 3. The van der Waals surface area contributed by atoms with Crippen molar-refractivity contribution in [2.24, 2.45) is 5.92 Å². The highest BCUT2D eigenvalue weighted by atomic mass is 32.1. The summed E-state index contributed by atoms with van der Waals surface area (Å²) in [5, 5.41) is 11.8. The van der Waals surface area contributed by atoms with Gasteiger partial charge in [-0.25, -0.2) is 4.98 Å². The average molecular weight is 856 g/mol. The van der Waals surface area contributed by atoms with Crippen molar-refractivity contribution >= 4 is 52.2 Å². The molecule has 1 spiro atoms. The van der Waals surface area contributed by atoms with Crippen LogP contribution in [-0.2, 0) is 38.2 Å². The van der Waals surface area contributed by atoms with Crippen LogP contribution < -0.4 is 19.9 Å². The van der Waals surface area contributed by atoms with Crippen molar-refractivity contribution in [2.75, 3.05) is 42.6 Å². The second kappa shape index (κ2) is 16.9. The highest BCUT2D eigenvalue weighted by Crippen LogP contribution is 2.50. The second-order valence-electron chi connectivity index (χ2n) is 17.2. The van der Waals surface area contributed by atoms with Gasteiger partial charge in [0.25, 0.3) is 5.91 Å². The molecule has 2 aliphatic carbocycles. The number of carbonyl (C=O) groups excluding carboxylic acids is 4. The average Bonchev–Trinajstić information content (AvgIpc) is 4.01. The van der Waals surface area contributed by atoms with Gasteiger partial charge in [0, 0.05) is 56.0 Å². The largest absolute Gasteiger partial charge is 0.476 e. The van der Waals surface area contributed by atoms with E-state index in [4.69, 9.17) is 21.9 Å². The Hall–Kier alpha value is -5.24. The summed E-state index contributed by atoms with van der Waals surface area (Å²) in [6, 6.07) is 14.8. The lowest BCUT2D eigenvalue weighted by Crippen LogP contribution is -2.58. The number of piperidine rings is 1. The molecule has 4 heterocycles. The number of nitrogens with one attached hydrogen (secondary N) is 1. The lowest BCUT2D eigenvalue weighted by atomic mass is 9.75. The number of halogens is 3. The van der Waals surface area contributed by atoms with Crippen LogP contribution in [-0.4, -0.2) is 93.8 Å². The predicted octanol–water partition coefficient (Wildman–Crippen LogP) is 6.09. The summed E-state index contributed by atoms with van der Waals surface area (Å²) in [6.07, 6.45) is 2.17. The monoisotopic (exact) mass is 855 g/mol. The Morgan fingerprint density at radius 2 is 1.75 bits per heavy atom. The molecule has 0 radical (unpaired) electrons. The molecule has 3 amide bonds. The molecule has 320 valence electrons. The van der Waals surface area contributed by atoms with E-state index < -0.39 is 28.7 Å². The van der Waals surface area contributed by atoms with Gasteiger partial charge in [-0.15, -0.1) is 0 Å². The number of Topliss-reactive ketones (excluding diaryl/α,β-unsaturated/α-hetero) is 1. The minimum Gasteiger partial charge on any atom is -0.476 e. The zero-order valence-electron chi connectivity index (χ0n) is 34.2.